The van der Waals surface area contributed by atoms with Gasteiger partial charge in [-0.05, 0) is 91.2 Å². The van der Waals surface area contributed by atoms with Crippen LogP contribution in [0.3, 0.4) is 0 Å². The molecule has 5 heterocycles. The molecule has 366 valence electrons. The van der Waals surface area contributed by atoms with E-state index in [4.69, 9.17) is 28.4 Å². The normalized spacial score (nSPS) is 33.2. The zero-order chi connectivity index (χ0) is 48.8. The number of likely N-dealkylation sites (N-methyl/N-ethyl adjacent to an activating group) is 1. The summed E-state index contributed by atoms with van der Waals surface area (Å²) in [6, 6.07) is 12.7. The number of benzene rings is 1. The van der Waals surface area contributed by atoms with E-state index in [2.05, 4.69) is 15.3 Å². The summed E-state index contributed by atoms with van der Waals surface area (Å²) in [5, 5.41) is 20.3. The van der Waals surface area contributed by atoms with Crippen LogP contribution in [0.5, 0.6) is 0 Å². The minimum absolute atomic E-state index is 0.0413. The fraction of sp³-hybridized carbons (Fsp3) is 0.633. The number of esters is 2. The number of cyclic esters (lactones) is 1. The molecule has 3 aromatic rings. The number of amides is 1. The lowest BCUT2D eigenvalue weighted by atomic mass is 9.73. The summed E-state index contributed by atoms with van der Waals surface area (Å²) in [4.78, 5) is 78.2. The van der Waals surface area contributed by atoms with E-state index in [-0.39, 0.29) is 31.8 Å². The first-order chi connectivity index (χ1) is 31.8. The van der Waals surface area contributed by atoms with Crippen molar-refractivity contribution < 1.29 is 57.5 Å². The Morgan fingerprint density at radius 3 is 2.30 bits per heavy atom. The highest BCUT2D eigenvalue weighted by molar-refractivity contribution is 6.00. The van der Waals surface area contributed by atoms with Gasteiger partial charge in [0.2, 0.25) is 0 Å². The Hall–Kier alpha value is -5.14. The lowest BCUT2D eigenvalue weighted by molar-refractivity contribution is -0.300. The number of ketones is 2. The number of hydrogen-bond acceptors (Lipinski definition) is 16. The summed E-state index contributed by atoms with van der Waals surface area (Å²) in [6.07, 6.45) is -0.950. The molecular formula is C49H68N6O12. The van der Waals surface area contributed by atoms with Crippen molar-refractivity contribution in [3.05, 3.63) is 66.5 Å². The second-order valence-electron chi connectivity index (χ2n) is 18.9. The third-order valence-electron chi connectivity index (χ3n) is 14.0. The maximum absolute atomic E-state index is 14.9. The Morgan fingerprint density at radius 2 is 1.64 bits per heavy atom. The van der Waals surface area contributed by atoms with Gasteiger partial charge in [-0.25, -0.2) is 9.59 Å². The highest BCUT2D eigenvalue weighted by Gasteiger charge is 2.60. The van der Waals surface area contributed by atoms with E-state index in [1.54, 1.807) is 102 Å². The number of nitrogens with zero attached hydrogens (tertiary/aromatic N) is 6. The molecular weight excluding hydrogens is 865 g/mol. The molecule has 3 aliphatic rings. The van der Waals surface area contributed by atoms with Crippen LogP contribution in [0, 0.1) is 23.7 Å². The van der Waals surface area contributed by atoms with Crippen molar-refractivity contribution in [3.63, 3.8) is 0 Å². The van der Waals surface area contributed by atoms with E-state index in [0.717, 1.165) is 0 Å². The molecule has 0 radical (unpaired) electrons. The molecule has 0 bridgehead atoms. The van der Waals surface area contributed by atoms with E-state index in [1.807, 2.05) is 29.3 Å². The summed E-state index contributed by atoms with van der Waals surface area (Å²) in [7, 11) is 5.05. The number of pyridine rings is 1. The number of carbonyl (C=O) groups is 5. The summed E-state index contributed by atoms with van der Waals surface area (Å²) < 4.78 is 39.0. The van der Waals surface area contributed by atoms with E-state index >= 15 is 0 Å². The first-order valence-electron chi connectivity index (χ1n) is 23.3. The highest BCUT2D eigenvalue weighted by atomic mass is 16.7. The molecule has 0 aliphatic carbocycles. The number of aliphatic hydroxyl groups is 1. The minimum Gasteiger partial charge on any atom is -0.459 e. The van der Waals surface area contributed by atoms with Gasteiger partial charge >= 0.3 is 18.0 Å². The molecule has 1 N–H and O–H groups in total. The van der Waals surface area contributed by atoms with Crippen LogP contribution < -0.4 is 0 Å². The second-order valence-corrected chi connectivity index (χ2v) is 18.9. The number of fused-ring (bicyclic) bond motifs is 1. The SMILES string of the molecule is CCC1OC(=O)[C@H](C)C(=O)[C@H](C)[C@@H](O[C@@H]2O[C@H](COC(=O)c3ccccc3)C[C@H](N(C)C)[C@H]2O)[C@](C)(OC)C[C@@H](C)C(=O)[C@H](C)[C@H]2N(CCCCn3cc(-c4ccccn4)nn3)C(=O)O[C@]12C. The van der Waals surface area contributed by atoms with Gasteiger partial charge in [0.1, 0.15) is 36.2 Å². The third-order valence-corrected chi connectivity index (χ3v) is 14.0. The molecule has 0 saturated carbocycles. The fourth-order valence-electron chi connectivity index (χ4n) is 10.1. The molecule has 3 aliphatic heterocycles. The van der Waals surface area contributed by atoms with E-state index in [0.29, 0.717) is 42.8 Å². The lowest BCUT2D eigenvalue weighted by Gasteiger charge is -2.47. The quantitative estimate of drug-likeness (QED) is 0.0958. The predicted octanol–water partition coefficient (Wildman–Crippen LogP) is 5.16. The van der Waals surface area contributed by atoms with Crippen molar-refractivity contribution in [1.82, 2.24) is 29.8 Å². The molecule has 1 amide bonds. The van der Waals surface area contributed by atoms with Gasteiger partial charge in [0.15, 0.2) is 17.7 Å². The van der Waals surface area contributed by atoms with Crippen LogP contribution >= 0.6 is 0 Å². The van der Waals surface area contributed by atoms with E-state index < -0.39 is 101 Å². The Bertz CT molecular complexity index is 2180. The van der Waals surface area contributed by atoms with Gasteiger partial charge in [-0.3, -0.25) is 24.0 Å². The van der Waals surface area contributed by atoms with Gasteiger partial charge in [0.25, 0.3) is 0 Å². The van der Waals surface area contributed by atoms with E-state index in [9.17, 15) is 29.1 Å². The number of methoxy groups -OCH3 is 1. The predicted molar refractivity (Wildman–Crippen MR) is 243 cm³/mol. The molecule has 6 rings (SSSR count). The van der Waals surface area contributed by atoms with Gasteiger partial charge in [-0.15, -0.1) is 5.10 Å². The van der Waals surface area contributed by atoms with Crippen molar-refractivity contribution in [2.24, 2.45) is 23.7 Å². The number of Topliss-reactive ketones (excluding diaryl/α,β-unsaturated/α-hetero) is 2. The van der Waals surface area contributed by atoms with Crippen molar-refractivity contribution >= 4 is 29.6 Å². The zero-order valence-corrected chi connectivity index (χ0v) is 40.4. The number of hydrogen-bond donors (Lipinski definition) is 1. The van der Waals surface area contributed by atoms with Gasteiger partial charge in [0, 0.05) is 50.2 Å². The molecule has 2 aromatic heterocycles. The number of aromatic nitrogens is 4. The molecule has 67 heavy (non-hydrogen) atoms. The average molecular weight is 933 g/mol. The van der Waals surface area contributed by atoms with Gasteiger partial charge in [0.05, 0.1) is 41.3 Å². The first-order valence-corrected chi connectivity index (χ1v) is 23.3. The number of aliphatic hydroxyl groups excluding tert-OH is 1. The third kappa shape index (κ3) is 11.3. The topological polar surface area (TPSA) is 211 Å². The highest BCUT2D eigenvalue weighted by Crippen LogP contribution is 2.43. The smallest absolute Gasteiger partial charge is 0.410 e. The average Bonchev–Trinajstić information content (AvgIpc) is 3.90. The molecule has 3 fully saturated rings. The van der Waals surface area contributed by atoms with Gasteiger partial charge < -0.3 is 43.3 Å². The molecule has 3 saturated heterocycles. The van der Waals surface area contributed by atoms with Crippen molar-refractivity contribution in [2.45, 2.75) is 141 Å². The number of rotatable bonds is 14. The maximum Gasteiger partial charge on any atom is 0.410 e. The second kappa shape index (κ2) is 21.9. The summed E-state index contributed by atoms with van der Waals surface area (Å²) in [5.74, 6) is -6.04. The Morgan fingerprint density at radius 1 is 0.940 bits per heavy atom. The largest absolute Gasteiger partial charge is 0.459 e. The Balaban J connectivity index is 1.26. The maximum atomic E-state index is 14.9. The summed E-state index contributed by atoms with van der Waals surface area (Å²) >= 11 is 0. The van der Waals surface area contributed by atoms with Crippen molar-refractivity contribution in [1.29, 1.82) is 0 Å². The van der Waals surface area contributed by atoms with Gasteiger partial charge in [-0.1, -0.05) is 57.2 Å². The molecule has 1 aromatic carbocycles. The Labute approximate surface area is 392 Å². The number of ether oxygens (including phenoxy) is 6. The number of aryl methyl sites for hydroxylation is 1. The van der Waals surface area contributed by atoms with E-state index in [1.165, 1.54) is 14.0 Å². The minimum atomic E-state index is -1.46. The fourth-order valence-corrected chi connectivity index (χ4v) is 10.1. The van der Waals surface area contributed by atoms with Crippen LogP contribution in [0.4, 0.5) is 4.79 Å². The standard InChI is InChI=1S/C49H68N6O12/c1-11-38-49(7)42(55(47(61)67-49)24-18-17-23-54-27-36(51-52-54)35-21-15-16-22-50-35)30(3)39(56)29(2)26-48(6,62-10)43(31(4)40(57)32(5)44(59)65-38)66-46-41(58)37(53(8)9)25-34(64-46)28-63-45(60)33-19-13-12-14-20-33/h12-16,19-22,27,29-32,34,37-38,41-43,46,58H,11,17-18,23-26,28H2,1-10H3/t29-,30+,31+,32-,34+,37+,38?,41-,42-,43-,46+,48-,49-/m1/s1. The zero-order valence-electron chi connectivity index (χ0n) is 40.4. The van der Waals surface area contributed by atoms with Crippen LogP contribution in [-0.4, -0.2) is 153 Å². The molecule has 13 atom stereocenters. The van der Waals surface area contributed by atoms with Crippen LogP contribution in [0.1, 0.15) is 90.9 Å². The molecule has 0 spiro atoms. The number of unbranched alkanes of at least 4 members (excludes halogenated alkanes) is 1. The van der Waals surface area contributed by atoms with Crippen LogP contribution in [0.25, 0.3) is 11.4 Å². The van der Waals surface area contributed by atoms with Crippen LogP contribution in [0.2, 0.25) is 0 Å². The Kier molecular flexibility index (Phi) is 16.7. The first kappa shape index (κ1) is 51.3. The van der Waals surface area contributed by atoms with Crippen LogP contribution in [-0.2, 0) is 49.3 Å². The lowest BCUT2D eigenvalue weighted by Crippen LogP contribution is -2.60. The monoisotopic (exact) mass is 932 g/mol. The number of carbonyl (C=O) groups excluding carboxylic acids is 5. The van der Waals surface area contributed by atoms with Crippen molar-refractivity contribution in [2.75, 3.05) is 34.4 Å². The molecule has 1 unspecified atom stereocenters. The van der Waals surface area contributed by atoms with Crippen LogP contribution in [0.15, 0.2) is 60.9 Å². The van der Waals surface area contributed by atoms with Gasteiger partial charge in [-0.2, -0.15) is 0 Å². The summed E-state index contributed by atoms with van der Waals surface area (Å²) in [5.41, 5.74) is -1.14. The summed E-state index contributed by atoms with van der Waals surface area (Å²) in [6.45, 7) is 12.4. The molecule has 18 heteroatoms. The molecule has 18 nitrogen and oxygen atoms in total. The van der Waals surface area contributed by atoms with Crippen molar-refractivity contribution in [3.8, 4) is 11.4 Å².